The van der Waals surface area contributed by atoms with E-state index in [1.165, 1.54) is 23.9 Å². The molecule has 0 fully saturated rings. The topological polar surface area (TPSA) is 49.3 Å². The molecule has 0 aromatic heterocycles. The number of amides is 1. The van der Waals surface area contributed by atoms with Gasteiger partial charge in [0, 0.05) is 17.5 Å². The summed E-state index contributed by atoms with van der Waals surface area (Å²) in [5, 5.41) is 11.5. The summed E-state index contributed by atoms with van der Waals surface area (Å²) in [6, 6.07) is 6.00. The van der Waals surface area contributed by atoms with Crippen LogP contribution in [0.5, 0.6) is 0 Å². The van der Waals surface area contributed by atoms with Crippen molar-refractivity contribution in [1.29, 1.82) is 0 Å². The van der Waals surface area contributed by atoms with Crippen molar-refractivity contribution in [1.82, 2.24) is 5.32 Å². The molecule has 17 heavy (non-hydrogen) atoms. The maximum Gasteiger partial charge on any atom is 0.230 e. The summed E-state index contributed by atoms with van der Waals surface area (Å²) in [7, 11) is 0. The standard InChI is InChI=1S/C12H16FNO2S/c1-9(6-7-15)14-12(16)8-17-11-4-2-10(13)3-5-11/h2-5,9,15H,6-8H2,1H3,(H,14,16). The Kier molecular flexibility index (Phi) is 6.00. The first-order valence-electron chi connectivity index (χ1n) is 5.40. The van der Waals surface area contributed by atoms with Gasteiger partial charge < -0.3 is 10.4 Å². The Bertz CT molecular complexity index is 356. The van der Waals surface area contributed by atoms with E-state index >= 15 is 0 Å². The maximum absolute atomic E-state index is 12.6. The van der Waals surface area contributed by atoms with Crippen molar-refractivity contribution in [2.24, 2.45) is 0 Å². The first-order chi connectivity index (χ1) is 8.11. The Balaban J connectivity index is 2.30. The number of thioether (sulfide) groups is 1. The zero-order chi connectivity index (χ0) is 12.7. The summed E-state index contributed by atoms with van der Waals surface area (Å²) in [6.07, 6.45) is 0.549. The highest BCUT2D eigenvalue weighted by Crippen LogP contribution is 2.17. The van der Waals surface area contributed by atoms with Crippen LogP contribution in [0.2, 0.25) is 0 Å². The molecule has 0 aliphatic rings. The van der Waals surface area contributed by atoms with Crippen LogP contribution in [0.4, 0.5) is 4.39 Å². The quantitative estimate of drug-likeness (QED) is 0.764. The normalized spacial score (nSPS) is 12.2. The van der Waals surface area contributed by atoms with E-state index in [2.05, 4.69) is 5.32 Å². The molecule has 3 nitrogen and oxygen atoms in total. The molecule has 1 amide bonds. The van der Waals surface area contributed by atoms with Gasteiger partial charge in [-0.2, -0.15) is 0 Å². The number of halogens is 1. The third-order valence-electron chi connectivity index (χ3n) is 2.15. The number of nitrogens with one attached hydrogen (secondary N) is 1. The van der Waals surface area contributed by atoms with E-state index in [4.69, 9.17) is 5.11 Å². The second kappa shape index (κ2) is 7.29. The van der Waals surface area contributed by atoms with Gasteiger partial charge in [-0.15, -0.1) is 11.8 Å². The number of benzene rings is 1. The summed E-state index contributed by atoms with van der Waals surface area (Å²) >= 11 is 1.36. The highest BCUT2D eigenvalue weighted by molar-refractivity contribution is 8.00. The number of carbonyl (C=O) groups excluding carboxylic acids is 1. The average molecular weight is 257 g/mol. The van der Waals surface area contributed by atoms with E-state index in [-0.39, 0.29) is 24.4 Å². The molecular formula is C12H16FNO2S. The molecule has 1 rings (SSSR count). The fourth-order valence-electron chi connectivity index (χ4n) is 1.26. The number of aliphatic hydroxyl groups excluding tert-OH is 1. The maximum atomic E-state index is 12.6. The lowest BCUT2D eigenvalue weighted by Crippen LogP contribution is -2.34. The molecular weight excluding hydrogens is 241 g/mol. The number of hydrogen-bond acceptors (Lipinski definition) is 3. The van der Waals surface area contributed by atoms with E-state index in [1.807, 2.05) is 6.92 Å². The summed E-state index contributed by atoms with van der Waals surface area (Å²) in [5.74, 6) is -0.0721. The van der Waals surface area contributed by atoms with Gasteiger partial charge in [-0.05, 0) is 37.6 Å². The molecule has 0 aliphatic carbocycles. The van der Waals surface area contributed by atoms with Crippen molar-refractivity contribution < 1.29 is 14.3 Å². The van der Waals surface area contributed by atoms with Crippen LogP contribution < -0.4 is 5.32 Å². The molecule has 0 saturated heterocycles. The van der Waals surface area contributed by atoms with Gasteiger partial charge in [0.25, 0.3) is 0 Å². The molecule has 1 aromatic carbocycles. The van der Waals surface area contributed by atoms with E-state index in [1.54, 1.807) is 12.1 Å². The zero-order valence-electron chi connectivity index (χ0n) is 9.65. The summed E-state index contributed by atoms with van der Waals surface area (Å²) in [5.41, 5.74) is 0. The largest absolute Gasteiger partial charge is 0.396 e. The van der Waals surface area contributed by atoms with Crippen molar-refractivity contribution in [3.63, 3.8) is 0 Å². The van der Waals surface area contributed by atoms with Gasteiger partial charge in [-0.1, -0.05) is 0 Å². The number of rotatable bonds is 6. The molecule has 0 saturated carbocycles. The molecule has 1 aromatic rings. The SMILES string of the molecule is CC(CCO)NC(=O)CSc1ccc(F)cc1. The first kappa shape index (κ1) is 14.0. The van der Waals surface area contributed by atoms with Crippen LogP contribution in [0.25, 0.3) is 0 Å². The van der Waals surface area contributed by atoms with Gasteiger partial charge in [0.2, 0.25) is 5.91 Å². The molecule has 0 aliphatic heterocycles. The van der Waals surface area contributed by atoms with Gasteiger partial charge >= 0.3 is 0 Å². The highest BCUT2D eigenvalue weighted by Gasteiger charge is 2.07. The summed E-state index contributed by atoms with van der Waals surface area (Å²) in [4.78, 5) is 12.3. The zero-order valence-corrected chi connectivity index (χ0v) is 10.5. The van der Waals surface area contributed by atoms with Crippen LogP contribution in [-0.4, -0.2) is 29.4 Å². The van der Waals surface area contributed by atoms with Crippen molar-refractivity contribution >= 4 is 17.7 Å². The fraction of sp³-hybridized carbons (Fsp3) is 0.417. The van der Waals surface area contributed by atoms with E-state index < -0.39 is 0 Å². The molecule has 5 heteroatoms. The lowest BCUT2D eigenvalue weighted by Gasteiger charge is -2.11. The Morgan fingerprint density at radius 1 is 1.47 bits per heavy atom. The number of carbonyl (C=O) groups is 1. The van der Waals surface area contributed by atoms with E-state index in [0.717, 1.165) is 4.90 Å². The summed E-state index contributed by atoms with van der Waals surface area (Å²) < 4.78 is 12.6. The lowest BCUT2D eigenvalue weighted by molar-refractivity contribution is -0.119. The average Bonchev–Trinajstić information content (AvgIpc) is 2.28. The second-order valence-electron chi connectivity index (χ2n) is 3.72. The minimum absolute atomic E-state index is 0.0266. The number of hydrogen-bond donors (Lipinski definition) is 2. The molecule has 0 heterocycles. The summed E-state index contributed by atoms with van der Waals surface area (Å²) in [6.45, 7) is 1.91. The van der Waals surface area contributed by atoms with Crippen LogP contribution in [0.1, 0.15) is 13.3 Å². The molecule has 94 valence electrons. The van der Waals surface area contributed by atoms with Gasteiger partial charge in [0.05, 0.1) is 5.75 Å². The minimum Gasteiger partial charge on any atom is -0.396 e. The third-order valence-corrected chi connectivity index (χ3v) is 3.17. The van der Waals surface area contributed by atoms with Crippen LogP contribution in [0, 0.1) is 5.82 Å². The minimum atomic E-state index is -0.282. The van der Waals surface area contributed by atoms with Crippen molar-refractivity contribution in [3.8, 4) is 0 Å². The van der Waals surface area contributed by atoms with E-state index in [0.29, 0.717) is 12.2 Å². The van der Waals surface area contributed by atoms with E-state index in [9.17, 15) is 9.18 Å². The predicted molar refractivity (Wildman–Crippen MR) is 66.4 cm³/mol. The van der Waals surface area contributed by atoms with Crippen molar-refractivity contribution in [2.45, 2.75) is 24.3 Å². The molecule has 0 bridgehead atoms. The molecule has 0 radical (unpaired) electrons. The number of aliphatic hydroxyl groups is 1. The fourth-order valence-corrected chi connectivity index (χ4v) is 1.97. The Labute approximate surface area is 104 Å². The van der Waals surface area contributed by atoms with Gasteiger partial charge in [0.1, 0.15) is 5.82 Å². The Hall–Kier alpha value is -1.07. The highest BCUT2D eigenvalue weighted by atomic mass is 32.2. The Morgan fingerprint density at radius 2 is 2.12 bits per heavy atom. The predicted octanol–water partition coefficient (Wildman–Crippen LogP) is 1.80. The van der Waals surface area contributed by atoms with Crippen molar-refractivity contribution in [3.05, 3.63) is 30.1 Å². The van der Waals surface area contributed by atoms with Crippen LogP contribution >= 0.6 is 11.8 Å². The smallest absolute Gasteiger partial charge is 0.230 e. The van der Waals surface area contributed by atoms with Crippen LogP contribution in [0.3, 0.4) is 0 Å². The van der Waals surface area contributed by atoms with Crippen LogP contribution in [0.15, 0.2) is 29.2 Å². The molecule has 0 spiro atoms. The Morgan fingerprint density at radius 3 is 2.71 bits per heavy atom. The first-order valence-corrected chi connectivity index (χ1v) is 6.39. The van der Waals surface area contributed by atoms with Crippen molar-refractivity contribution in [2.75, 3.05) is 12.4 Å². The molecule has 1 atom stereocenters. The lowest BCUT2D eigenvalue weighted by atomic mass is 10.2. The van der Waals surface area contributed by atoms with Crippen LogP contribution in [-0.2, 0) is 4.79 Å². The monoisotopic (exact) mass is 257 g/mol. The molecule has 1 unspecified atom stereocenters. The van der Waals surface area contributed by atoms with Gasteiger partial charge in [0.15, 0.2) is 0 Å². The second-order valence-corrected chi connectivity index (χ2v) is 4.77. The van der Waals surface area contributed by atoms with Gasteiger partial charge in [-0.25, -0.2) is 4.39 Å². The van der Waals surface area contributed by atoms with Gasteiger partial charge in [-0.3, -0.25) is 4.79 Å². The third kappa shape index (κ3) is 5.70. The molecule has 2 N–H and O–H groups in total.